The molecule has 7 nitrogen and oxygen atoms in total. The first-order valence-corrected chi connectivity index (χ1v) is 17.2. The number of carbonyl (C=O) groups excluding carboxylic acids is 1. The van der Waals surface area contributed by atoms with Crippen LogP contribution in [0.3, 0.4) is 0 Å². The van der Waals surface area contributed by atoms with Crippen molar-refractivity contribution in [2.75, 3.05) is 6.61 Å². The molecule has 0 saturated carbocycles. The van der Waals surface area contributed by atoms with Gasteiger partial charge in [0.05, 0.1) is 11.5 Å². The van der Waals surface area contributed by atoms with Crippen molar-refractivity contribution < 1.29 is 19.4 Å². The zero-order chi connectivity index (χ0) is 32.9. The number of aliphatic carboxylic acids is 1. The van der Waals surface area contributed by atoms with Crippen molar-refractivity contribution in [2.24, 2.45) is 0 Å². The van der Waals surface area contributed by atoms with Gasteiger partial charge in [0.2, 0.25) is 0 Å². The van der Waals surface area contributed by atoms with E-state index >= 15 is 0 Å². The molecule has 4 rings (SSSR count). The van der Waals surface area contributed by atoms with Crippen LogP contribution in [0.4, 0.5) is 0 Å². The van der Waals surface area contributed by atoms with Crippen molar-refractivity contribution in [3.63, 3.8) is 0 Å². The summed E-state index contributed by atoms with van der Waals surface area (Å²) >= 11 is 1.39. The molecule has 244 valence electrons. The van der Waals surface area contributed by atoms with Crippen molar-refractivity contribution >= 4 is 23.2 Å². The Hall–Kier alpha value is -4.04. The summed E-state index contributed by atoms with van der Waals surface area (Å²) in [4.78, 5) is 35.5. The highest BCUT2D eigenvalue weighted by molar-refractivity contribution is 7.14. The van der Waals surface area contributed by atoms with Gasteiger partial charge in [-0.25, -0.2) is 14.8 Å². The van der Waals surface area contributed by atoms with Gasteiger partial charge in [0.25, 0.3) is 5.91 Å². The Morgan fingerprint density at radius 3 is 2.00 bits per heavy atom. The average Bonchev–Trinajstić information content (AvgIpc) is 3.56. The van der Waals surface area contributed by atoms with E-state index in [1.54, 1.807) is 18.5 Å². The number of amides is 1. The van der Waals surface area contributed by atoms with Crippen LogP contribution in [0.5, 0.6) is 5.75 Å². The molecule has 0 unspecified atom stereocenters. The molecular formula is C38H47N3O4S. The summed E-state index contributed by atoms with van der Waals surface area (Å²) in [5, 5.41) is 12.5. The Labute approximate surface area is 277 Å². The highest BCUT2D eigenvalue weighted by atomic mass is 32.1. The van der Waals surface area contributed by atoms with Gasteiger partial charge in [-0.05, 0) is 47.2 Å². The molecule has 0 fully saturated rings. The summed E-state index contributed by atoms with van der Waals surface area (Å²) < 4.78 is 5.93. The second-order valence-electron chi connectivity index (χ2n) is 12.8. The SMILES string of the molecule is CCCCCCCCCCOc1ccc(-c2cnc(-c3ccc(C[C@H](NC(=O)c4ccc(C(C)(C)C)s4)C(=O)O)cc3)nc2)cc1. The fourth-order valence-electron chi connectivity index (χ4n) is 5.11. The Morgan fingerprint density at radius 2 is 1.41 bits per heavy atom. The third-order valence-corrected chi connectivity index (χ3v) is 9.44. The molecule has 1 amide bonds. The predicted octanol–water partition coefficient (Wildman–Crippen LogP) is 9.11. The van der Waals surface area contributed by atoms with Gasteiger partial charge < -0.3 is 15.2 Å². The van der Waals surface area contributed by atoms with Crippen LogP contribution < -0.4 is 10.1 Å². The van der Waals surface area contributed by atoms with E-state index in [4.69, 9.17) is 4.74 Å². The lowest BCUT2D eigenvalue weighted by atomic mass is 9.95. The van der Waals surface area contributed by atoms with Crippen LogP contribution in [0, 0.1) is 0 Å². The van der Waals surface area contributed by atoms with Crippen molar-refractivity contribution in [3.8, 4) is 28.3 Å². The van der Waals surface area contributed by atoms with Crippen LogP contribution >= 0.6 is 11.3 Å². The Bertz CT molecular complexity index is 1520. The second kappa shape index (κ2) is 17.0. The Kier molecular flexibility index (Phi) is 12.9. The van der Waals surface area contributed by atoms with E-state index < -0.39 is 12.0 Å². The average molecular weight is 642 g/mol. The minimum Gasteiger partial charge on any atom is -0.494 e. The van der Waals surface area contributed by atoms with Gasteiger partial charge in [-0.3, -0.25) is 4.79 Å². The molecule has 0 aliphatic carbocycles. The molecular weight excluding hydrogens is 595 g/mol. The number of carboxylic acid groups (broad SMARTS) is 1. The number of carbonyl (C=O) groups is 2. The van der Waals surface area contributed by atoms with Crippen molar-refractivity contribution in [2.45, 2.75) is 96.9 Å². The Morgan fingerprint density at radius 1 is 0.804 bits per heavy atom. The summed E-state index contributed by atoms with van der Waals surface area (Å²) in [5.74, 6) is -0.00250. The monoisotopic (exact) mass is 641 g/mol. The summed E-state index contributed by atoms with van der Waals surface area (Å²) in [7, 11) is 0. The normalized spacial score (nSPS) is 12.1. The van der Waals surface area contributed by atoms with Crippen molar-refractivity contribution in [1.82, 2.24) is 15.3 Å². The third kappa shape index (κ3) is 10.5. The summed E-state index contributed by atoms with van der Waals surface area (Å²) in [6.07, 6.45) is 14.0. The van der Waals surface area contributed by atoms with E-state index in [1.807, 2.05) is 54.6 Å². The molecule has 4 aromatic rings. The number of rotatable bonds is 17. The standard InChI is InChI=1S/C38H47N3O4S/c1-5-6-7-8-9-10-11-12-23-45-31-19-17-28(18-20-31)30-25-39-35(40-26-30)29-15-13-27(14-16-29)24-32(37(43)44)41-36(42)33-21-22-34(46-33)38(2,3)4/h13-22,25-26,32H,5-12,23-24H2,1-4H3,(H,41,42)(H,43,44)/t32-/m0/s1. The van der Waals surface area contributed by atoms with Crippen LogP contribution in [0.15, 0.2) is 73.1 Å². The molecule has 8 heteroatoms. The predicted molar refractivity (Wildman–Crippen MR) is 187 cm³/mol. The van der Waals surface area contributed by atoms with Gasteiger partial charge in [-0.15, -0.1) is 11.3 Å². The number of unbranched alkanes of at least 4 members (excludes halogenated alkanes) is 7. The number of hydrogen-bond donors (Lipinski definition) is 2. The van der Waals surface area contributed by atoms with E-state index in [-0.39, 0.29) is 17.7 Å². The van der Waals surface area contributed by atoms with Gasteiger partial charge in [-0.1, -0.05) is 109 Å². The van der Waals surface area contributed by atoms with Crippen LogP contribution in [0.1, 0.15) is 99.2 Å². The van der Waals surface area contributed by atoms with Crippen molar-refractivity contribution in [1.29, 1.82) is 0 Å². The number of thiophene rings is 1. The number of nitrogens with one attached hydrogen (secondary N) is 1. The van der Waals surface area contributed by atoms with E-state index in [0.29, 0.717) is 10.7 Å². The maximum absolute atomic E-state index is 12.8. The molecule has 1 atom stereocenters. The molecule has 0 spiro atoms. The molecule has 0 bridgehead atoms. The van der Waals surface area contributed by atoms with Crippen molar-refractivity contribution in [3.05, 3.63) is 88.4 Å². The van der Waals surface area contributed by atoms with Gasteiger partial charge in [0.15, 0.2) is 5.82 Å². The zero-order valence-electron chi connectivity index (χ0n) is 27.6. The highest BCUT2D eigenvalue weighted by Crippen LogP contribution is 2.29. The first-order chi connectivity index (χ1) is 22.1. The number of hydrogen-bond acceptors (Lipinski definition) is 6. The first-order valence-electron chi connectivity index (χ1n) is 16.4. The third-order valence-electron chi connectivity index (χ3n) is 7.93. The summed E-state index contributed by atoms with van der Waals surface area (Å²) in [5.41, 5.74) is 3.47. The van der Waals surface area contributed by atoms with Gasteiger partial charge in [-0.2, -0.15) is 0 Å². The number of nitrogens with zero attached hydrogens (tertiary/aromatic N) is 2. The molecule has 0 aliphatic rings. The summed E-state index contributed by atoms with van der Waals surface area (Å²) in [6, 6.07) is 18.1. The molecule has 2 aromatic carbocycles. The Balaban J connectivity index is 1.26. The molecule has 0 radical (unpaired) electrons. The lowest BCUT2D eigenvalue weighted by Gasteiger charge is -2.16. The van der Waals surface area contributed by atoms with Crippen LogP contribution in [0.2, 0.25) is 0 Å². The lowest BCUT2D eigenvalue weighted by Crippen LogP contribution is -2.42. The van der Waals surface area contributed by atoms with Crippen LogP contribution in [-0.2, 0) is 16.6 Å². The number of ether oxygens (including phenoxy) is 1. The van der Waals surface area contributed by atoms with Gasteiger partial charge >= 0.3 is 5.97 Å². The van der Waals surface area contributed by atoms with Crippen LogP contribution in [0.25, 0.3) is 22.5 Å². The van der Waals surface area contributed by atoms with E-state index in [2.05, 4.69) is 43.0 Å². The molecule has 2 aromatic heterocycles. The maximum atomic E-state index is 12.8. The molecule has 2 heterocycles. The van der Waals surface area contributed by atoms with Gasteiger partial charge in [0.1, 0.15) is 11.8 Å². The molecule has 2 N–H and O–H groups in total. The quantitative estimate of drug-likeness (QED) is 0.112. The maximum Gasteiger partial charge on any atom is 0.326 e. The van der Waals surface area contributed by atoms with E-state index in [0.717, 1.165) is 45.9 Å². The highest BCUT2D eigenvalue weighted by Gasteiger charge is 2.24. The number of aromatic nitrogens is 2. The second-order valence-corrected chi connectivity index (χ2v) is 13.9. The minimum absolute atomic E-state index is 0.0752. The molecule has 46 heavy (non-hydrogen) atoms. The molecule has 0 saturated heterocycles. The van der Waals surface area contributed by atoms with E-state index in [9.17, 15) is 14.7 Å². The fourth-order valence-corrected chi connectivity index (χ4v) is 6.08. The zero-order valence-corrected chi connectivity index (χ0v) is 28.4. The number of carboxylic acids is 1. The number of benzene rings is 2. The fraction of sp³-hybridized carbons (Fsp3) is 0.421. The minimum atomic E-state index is -1.08. The first kappa shape index (κ1) is 34.8. The lowest BCUT2D eigenvalue weighted by molar-refractivity contribution is -0.139. The smallest absolute Gasteiger partial charge is 0.326 e. The summed E-state index contributed by atoms with van der Waals surface area (Å²) in [6.45, 7) is 9.23. The molecule has 0 aliphatic heterocycles. The largest absolute Gasteiger partial charge is 0.494 e. The van der Waals surface area contributed by atoms with E-state index in [1.165, 1.54) is 56.3 Å². The topological polar surface area (TPSA) is 101 Å². The van der Waals surface area contributed by atoms with Gasteiger partial charge in [0, 0.05) is 34.8 Å². The van der Waals surface area contributed by atoms with Crippen LogP contribution in [-0.4, -0.2) is 39.6 Å².